The van der Waals surface area contributed by atoms with E-state index in [2.05, 4.69) is 19.9 Å². The van der Waals surface area contributed by atoms with Gasteiger partial charge in [0.2, 0.25) is 0 Å². The molecule has 1 aromatic carbocycles. The van der Waals surface area contributed by atoms with Gasteiger partial charge in [-0.15, -0.1) is 0 Å². The van der Waals surface area contributed by atoms with E-state index in [1.54, 1.807) is 0 Å². The fourth-order valence-corrected chi connectivity index (χ4v) is 1.46. The van der Waals surface area contributed by atoms with Crippen molar-refractivity contribution >= 4 is 5.97 Å². The number of benzene rings is 1. The van der Waals surface area contributed by atoms with Gasteiger partial charge >= 0.3 is 5.97 Å². The highest BCUT2D eigenvalue weighted by Gasteiger charge is 2.14. The predicted octanol–water partition coefficient (Wildman–Crippen LogP) is 4.07. The van der Waals surface area contributed by atoms with Crippen molar-refractivity contribution in [2.45, 2.75) is 47.0 Å². The molecule has 0 bridgehead atoms. The van der Waals surface area contributed by atoms with Crippen molar-refractivity contribution in [2.75, 3.05) is 0 Å². The second kappa shape index (κ2) is 5.85. The molecule has 2 nitrogen and oxygen atoms in total. The summed E-state index contributed by atoms with van der Waals surface area (Å²) >= 11 is 0. The van der Waals surface area contributed by atoms with Gasteiger partial charge in [-0.3, -0.25) is 4.79 Å². The molecule has 1 rings (SSSR count). The molecule has 0 fully saturated rings. The first-order chi connectivity index (χ1) is 7.95. The van der Waals surface area contributed by atoms with Gasteiger partial charge in [0.15, 0.2) is 0 Å². The lowest BCUT2D eigenvalue weighted by Crippen LogP contribution is -2.17. The van der Waals surface area contributed by atoms with Crippen molar-refractivity contribution in [1.82, 2.24) is 0 Å². The van der Waals surface area contributed by atoms with Gasteiger partial charge in [-0.2, -0.15) is 0 Å². The summed E-state index contributed by atoms with van der Waals surface area (Å²) in [6, 6.07) is 6.06. The highest BCUT2D eigenvalue weighted by Crippen LogP contribution is 2.25. The molecule has 0 heterocycles. The maximum Gasteiger partial charge on any atom is 0.314 e. The summed E-state index contributed by atoms with van der Waals surface area (Å²) < 4.78 is 5.45. The Morgan fingerprint density at radius 1 is 1.29 bits per heavy atom. The van der Waals surface area contributed by atoms with Crippen LogP contribution in [0.15, 0.2) is 18.2 Å². The largest absolute Gasteiger partial charge is 0.426 e. The van der Waals surface area contributed by atoms with E-state index in [4.69, 9.17) is 4.74 Å². The van der Waals surface area contributed by atoms with Crippen molar-refractivity contribution in [1.29, 1.82) is 0 Å². The second-order valence-electron chi connectivity index (χ2n) is 4.91. The van der Waals surface area contributed by atoms with E-state index in [9.17, 15) is 4.79 Å². The maximum atomic E-state index is 11.8. The van der Waals surface area contributed by atoms with E-state index >= 15 is 0 Å². The normalized spacial score (nSPS) is 12.6. The SMILES string of the molecule is CCC(C)C(=O)Oc1cc(C(C)C)ccc1C. The lowest BCUT2D eigenvalue weighted by molar-refractivity contribution is -0.138. The third-order valence-corrected chi connectivity index (χ3v) is 3.10. The molecule has 0 saturated carbocycles. The third kappa shape index (κ3) is 3.58. The molecule has 17 heavy (non-hydrogen) atoms. The van der Waals surface area contributed by atoms with Gasteiger partial charge < -0.3 is 4.74 Å². The van der Waals surface area contributed by atoms with Crippen LogP contribution in [-0.2, 0) is 4.79 Å². The highest BCUT2D eigenvalue weighted by atomic mass is 16.5. The minimum Gasteiger partial charge on any atom is -0.426 e. The van der Waals surface area contributed by atoms with Crippen LogP contribution in [-0.4, -0.2) is 5.97 Å². The number of aryl methyl sites for hydroxylation is 1. The zero-order valence-corrected chi connectivity index (χ0v) is 11.4. The number of esters is 1. The highest BCUT2D eigenvalue weighted by molar-refractivity contribution is 5.75. The van der Waals surface area contributed by atoms with Crippen LogP contribution in [0.2, 0.25) is 0 Å². The summed E-state index contributed by atoms with van der Waals surface area (Å²) in [4.78, 5) is 11.8. The molecule has 1 unspecified atom stereocenters. The fraction of sp³-hybridized carbons (Fsp3) is 0.533. The summed E-state index contributed by atoms with van der Waals surface area (Å²) in [5, 5.41) is 0. The molecule has 2 heteroatoms. The van der Waals surface area contributed by atoms with Gasteiger partial charge in [-0.05, 0) is 36.5 Å². The molecule has 0 aliphatic rings. The van der Waals surface area contributed by atoms with Gasteiger partial charge in [0.05, 0.1) is 5.92 Å². The number of carbonyl (C=O) groups is 1. The van der Waals surface area contributed by atoms with Gasteiger partial charge in [0, 0.05) is 0 Å². The Morgan fingerprint density at radius 2 is 1.94 bits per heavy atom. The molecule has 0 saturated heterocycles. The number of hydrogen-bond acceptors (Lipinski definition) is 2. The van der Waals surface area contributed by atoms with Crippen LogP contribution in [0.25, 0.3) is 0 Å². The lowest BCUT2D eigenvalue weighted by atomic mass is 10.0. The third-order valence-electron chi connectivity index (χ3n) is 3.10. The topological polar surface area (TPSA) is 26.3 Å². The van der Waals surface area contributed by atoms with E-state index in [0.29, 0.717) is 11.7 Å². The molecular weight excluding hydrogens is 212 g/mol. The Kier molecular flexibility index (Phi) is 4.73. The average Bonchev–Trinajstić information content (AvgIpc) is 2.30. The first-order valence-electron chi connectivity index (χ1n) is 6.28. The Bertz CT molecular complexity index is 394. The van der Waals surface area contributed by atoms with E-state index in [-0.39, 0.29) is 11.9 Å². The van der Waals surface area contributed by atoms with Gasteiger partial charge in [-0.1, -0.05) is 39.8 Å². The Hall–Kier alpha value is -1.31. The van der Waals surface area contributed by atoms with E-state index in [1.165, 1.54) is 5.56 Å². The maximum absolute atomic E-state index is 11.8. The second-order valence-corrected chi connectivity index (χ2v) is 4.91. The van der Waals surface area contributed by atoms with Crippen LogP contribution in [0.3, 0.4) is 0 Å². The van der Waals surface area contributed by atoms with Crippen LogP contribution >= 0.6 is 0 Å². The molecule has 1 aromatic rings. The quantitative estimate of drug-likeness (QED) is 0.580. The molecule has 0 aromatic heterocycles. The van der Waals surface area contributed by atoms with Crippen molar-refractivity contribution in [3.63, 3.8) is 0 Å². The minimum absolute atomic E-state index is 0.0443. The van der Waals surface area contributed by atoms with E-state index < -0.39 is 0 Å². The Labute approximate surface area is 104 Å². The average molecular weight is 234 g/mol. The summed E-state index contributed by atoms with van der Waals surface area (Å²) in [5.74, 6) is 0.951. The lowest BCUT2D eigenvalue weighted by Gasteiger charge is -2.13. The standard InChI is InChI=1S/C15H22O2/c1-6-11(4)15(16)17-14-9-13(10(2)3)8-7-12(14)5/h7-11H,6H2,1-5H3. The smallest absolute Gasteiger partial charge is 0.314 e. The Morgan fingerprint density at radius 3 is 2.47 bits per heavy atom. The monoisotopic (exact) mass is 234 g/mol. The predicted molar refractivity (Wildman–Crippen MR) is 70.4 cm³/mol. The van der Waals surface area contributed by atoms with Crippen LogP contribution in [0.4, 0.5) is 0 Å². The minimum atomic E-state index is -0.142. The number of rotatable bonds is 4. The zero-order valence-electron chi connectivity index (χ0n) is 11.4. The summed E-state index contributed by atoms with van der Waals surface area (Å²) in [7, 11) is 0. The molecule has 0 amide bonds. The molecule has 0 radical (unpaired) electrons. The van der Waals surface area contributed by atoms with Crippen molar-refractivity contribution in [2.24, 2.45) is 5.92 Å². The van der Waals surface area contributed by atoms with E-state index in [0.717, 1.165) is 12.0 Å². The molecule has 1 atom stereocenters. The van der Waals surface area contributed by atoms with E-state index in [1.807, 2.05) is 32.9 Å². The van der Waals surface area contributed by atoms with Crippen molar-refractivity contribution in [3.05, 3.63) is 29.3 Å². The summed E-state index contributed by atoms with van der Waals surface area (Å²) in [6.45, 7) is 10.1. The van der Waals surface area contributed by atoms with Crippen LogP contribution in [0, 0.1) is 12.8 Å². The molecule has 0 spiro atoms. The summed E-state index contributed by atoms with van der Waals surface area (Å²) in [6.07, 6.45) is 0.807. The van der Waals surface area contributed by atoms with Crippen LogP contribution in [0.1, 0.15) is 51.2 Å². The fourth-order valence-electron chi connectivity index (χ4n) is 1.46. The molecule has 0 aliphatic carbocycles. The van der Waals surface area contributed by atoms with Crippen LogP contribution < -0.4 is 4.74 Å². The Balaban J connectivity index is 2.90. The summed E-state index contributed by atoms with van der Waals surface area (Å²) in [5.41, 5.74) is 2.20. The van der Waals surface area contributed by atoms with Crippen LogP contribution in [0.5, 0.6) is 5.75 Å². The zero-order chi connectivity index (χ0) is 13.0. The number of hydrogen-bond donors (Lipinski definition) is 0. The first kappa shape index (κ1) is 13.8. The molecule has 0 aliphatic heterocycles. The first-order valence-corrected chi connectivity index (χ1v) is 6.28. The molecular formula is C15H22O2. The van der Waals surface area contributed by atoms with Gasteiger partial charge in [-0.25, -0.2) is 0 Å². The van der Waals surface area contributed by atoms with Gasteiger partial charge in [0.25, 0.3) is 0 Å². The molecule has 0 N–H and O–H groups in total. The molecule has 94 valence electrons. The number of carbonyl (C=O) groups excluding carboxylic acids is 1. The van der Waals surface area contributed by atoms with Crippen molar-refractivity contribution < 1.29 is 9.53 Å². The van der Waals surface area contributed by atoms with Crippen molar-refractivity contribution in [3.8, 4) is 5.75 Å². The van der Waals surface area contributed by atoms with Gasteiger partial charge in [0.1, 0.15) is 5.75 Å². The number of ether oxygens (including phenoxy) is 1.